The Bertz CT molecular complexity index is 1050. The summed E-state index contributed by atoms with van der Waals surface area (Å²) in [5.74, 6) is 0.856. The van der Waals surface area contributed by atoms with Crippen LogP contribution in [-0.4, -0.2) is 53.0 Å². The number of aliphatic hydroxyl groups is 1. The number of aliphatic imine (C=N–C) groups is 1. The molecule has 2 heterocycles. The first-order valence-corrected chi connectivity index (χ1v) is 12.2. The zero-order chi connectivity index (χ0) is 24.1. The van der Waals surface area contributed by atoms with Gasteiger partial charge in [0.15, 0.2) is 11.5 Å². The van der Waals surface area contributed by atoms with Crippen LogP contribution in [0, 0.1) is 0 Å². The summed E-state index contributed by atoms with van der Waals surface area (Å²) in [5.41, 5.74) is 2.54. The van der Waals surface area contributed by atoms with Gasteiger partial charge < -0.3 is 19.6 Å². The zero-order valence-corrected chi connectivity index (χ0v) is 20.4. The van der Waals surface area contributed by atoms with Crippen molar-refractivity contribution in [3.63, 3.8) is 0 Å². The molecule has 6 nitrogen and oxygen atoms in total. The first kappa shape index (κ1) is 24.0. The van der Waals surface area contributed by atoms with Gasteiger partial charge in [0.25, 0.3) is 5.91 Å². The Morgan fingerprint density at radius 3 is 2.38 bits per heavy atom. The van der Waals surface area contributed by atoms with Gasteiger partial charge in [0.05, 0.1) is 0 Å². The summed E-state index contributed by atoms with van der Waals surface area (Å²) in [4.78, 5) is 21.7. The van der Waals surface area contributed by atoms with Crippen molar-refractivity contribution >= 4 is 11.7 Å². The smallest absolute Gasteiger partial charge is 0.274 e. The van der Waals surface area contributed by atoms with Gasteiger partial charge in [0, 0.05) is 32.0 Å². The van der Waals surface area contributed by atoms with E-state index in [0.717, 1.165) is 30.7 Å². The Hall–Kier alpha value is -3.12. The van der Waals surface area contributed by atoms with Gasteiger partial charge in [0.2, 0.25) is 6.23 Å². The molecule has 0 aliphatic carbocycles. The van der Waals surface area contributed by atoms with Crippen LogP contribution in [0.4, 0.5) is 0 Å². The van der Waals surface area contributed by atoms with E-state index in [2.05, 4.69) is 38.1 Å². The average molecular weight is 462 g/mol. The van der Waals surface area contributed by atoms with Crippen molar-refractivity contribution in [3.05, 3.63) is 83.2 Å². The molecular weight excluding hydrogens is 426 g/mol. The standard InChI is InChI=1S/C28H35N3O3/c1-4-16-28(5-2,22-14-10-7-11-15-22)19-23-29-26(32)25(34-20-21-12-8-6-9-13-21)24-27(33)30(3)17-18-31(23)24/h6-15,26,32H,4-5,16-20H2,1-3H3. The largest absolute Gasteiger partial charge is 0.486 e. The third-order valence-corrected chi connectivity index (χ3v) is 7.05. The zero-order valence-electron chi connectivity index (χ0n) is 20.4. The average Bonchev–Trinajstić information content (AvgIpc) is 2.86. The molecular formula is C28H35N3O3. The molecule has 0 radical (unpaired) electrons. The van der Waals surface area contributed by atoms with Crippen molar-refractivity contribution in [1.29, 1.82) is 0 Å². The van der Waals surface area contributed by atoms with Crippen LogP contribution in [0.2, 0.25) is 0 Å². The number of carbonyl (C=O) groups is 1. The number of likely N-dealkylation sites (N-methyl/N-ethyl adjacent to an activating group) is 1. The molecule has 0 spiro atoms. The fraction of sp³-hybridized carbons (Fsp3) is 0.429. The second-order valence-corrected chi connectivity index (χ2v) is 9.21. The number of amidine groups is 1. The predicted octanol–water partition coefficient (Wildman–Crippen LogP) is 4.46. The quantitative estimate of drug-likeness (QED) is 0.599. The number of amides is 1. The molecule has 1 fully saturated rings. The van der Waals surface area contributed by atoms with Crippen molar-refractivity contribution in [2.75, 3.05) is 20.1 Å². The molecule has 34 heavy (non-hydrogen) atoms. The van der Waals surface area contributed by atoms with Crippen LogP contribution in [0.3, 0.4) is 0 Å². The van der Waals surface area contributed by atoms with E-state index in [9.17, 15) is 9.90 Å². The van der Waals surface area contributed by atoms with Crippen LogP contribution < -0.4 is 0 Å². The van der Waals surface area contributed by atoms with Gasteiger partial charge in [-0.05, 0) is 24.0 Å². The number of benzene rings is 2. The number of rotatable bonds is 9. The molecule has 2 aromatic carbocycles. The topological polar surface area (TPSA) is 65.4 Å². The number of hydrogen-bond acceptors (Lipinski definition) is 5. The van der Waals surface area contributed by atoms with Crippen LogP contribution in [0.5, 0.6) is 0 Å². The predicted molar refractivity (Wildman–Crippen MR) is 134 cm³/mol. The minimum absolute atomic E-state index is 0.117. The van der Waals surface area contributed by atoms with Gasteiger partial charge >= 0.3 is 0 Å². The number of piperazine rings is 1. The normalized spacial score (nSPS) is 20.1. The molecule has 2 aliphatic rings. The minimum atomic E-state index is -1.20. The van der Waals surface area contributed by atoms with Gasteiger partial charge in [0.1, 0.15) is 12.4 Å². The lowest BCUT2D eigenvalue weighted by Crippen LogP contribution is -2.53. The van der Waals surface area contributed by atoms with Gasteiger partial charge in [-0.3, -0.25) is 4.79 Å². The first-order chi connectivity index (χ1) is 16.5. The van der Waals surface area contributed by atoms with Crippen molar-refractivity contribution in [2.24, 2.45) is 4.99 Å². The van der Waals surface area contributed by atoms with Crippen LogP contribution >= 0.6 is 0 Å². The van der Waals surface area contributed by atoms with Crippen molar-refractivity contribution < 1.29 is 14.6 Å². The highest BCUT2D eigenvalue weighted by Gasteiger charge is 2.42. The van der Waals surface area contributed by atoms with E-state index in [1.807, 2.05) is 41.3 Å². The number of aliphatic hydroxyl groups excluding tert-OH is 1. The highest BCUT2D eigenvalue weighted by atomic mass is 16.5. The van der Waals surface area contributed by atoms with Gasteiger partial charge in [-0.2, -0.15) is 0 Å². The Labute approximate surface area is 202 Å². The van der Waals surface area contributed by atoms with E-state index in [4.69, 9.17) is 9.73 Å². The third kappa shape index (κ3) is 4.73. The van der Waals surface area contributed by atoms with Crippen LogP contribution in [0.25, 0.3) is 0 Å². The number of hydrogen-bond donors (Lipinski definition) is 1. The molecule has 2 aliphatic heterocycles. The summed E-state index contributed by atoms with van der Waals surface area (Å²) in [7, 11) is 1.79. The molecule has 1 saturated heterocycles. The maximum Gasteiger partial charge on any atom is 0.274 e. The molecule has 2 aromatic rings. The Kier molecular flexibility index (Phi) is 7.37. The van der Waals surface area contributed by atoms with Crippen LogP contribution in [-0.2, 0) is 21.6 Å². The molecule has 0 bridgehead atoms. The lowest BCUT2D eigenvalue weighted by molar-refractivity contribution is -0.130. The Morgan fingerprint density at radius 2 is 1.74 bits per heavy atom. The van der Waals surface area contributed by atoms with E-state index in [1.54, 1.807) is 11.9 Å². The molecule has 6 heteroatoms. The number of carbonyl (C=O) groups excluding carboxylic acids is 1. The van der Waals surface area contributed by atoms with E-state index in [0.29, 0.717) is 25.2 Å². The minimum Gasteiger partial charge on any atom is -0.486 e. The molecule has 2 unspecified atom stereocenters. The van der Waals surface area contributed by atoms with Gasteiger partial charge in [-0.15, -0.1) is 0 Å². The van der Waals surface area contributed by atoms with E-state index >= 15 is 0 Å². The number of fused-ring (bicyclic) bond motifs is 1. The SMILES string of the molecule is CCCC(CC)(CC1=NC(O)C(OCc2ccccc2)=C2C(=O)N(C)CCN12)c1ccccc1. The summed E-state index contributed by atoms with van der Waals surface area (Å²) in [6, 6.07) is 20.3. The second kappa shape index (κ2) is 10.4. The molecule has 180 valence electrons. The molecule has 0 aromatic heterocycles. The van der Waals surface area contributed by atoms with Crippen LogP contribution in [0.15, 0.2) is 77.1 Å². The lowest BCUT2D eigenvalue weighted by Gasteiger charge is -2.43. The summed E-state index contributed by atoms with van der Waals surface area (Å²) in [6.45, 7) is 5.91. The maximum atomic E-state index is 13.3. The highest BCUT2D eigenvalue weighted by molar-refractivity contribution is 6.01. The van der Waals surface area contributed by atoms with E-state index in [-0.39, 0.29) is 23.7 Å². The fourth-order valence-electron chi connectivity index (χ4n) is 5.08. The van der Waals surface area contributed by atoms with Gasteiger partial charge in [-0.25, -0.2) is 4.99 Å². The summed E-state index contributed by atoms with van der Waals surface area (Å²) >= 11 is 0. The van der Waals surface area contributed by atoms with Crippen molar-refractivity contribution in [2.45, 2.75) is 57.8 Å². The monoisotopic (exact) mass is 461 g/mol. The fourth-order valence-corrected chi connectivity index (χ4v) is 5.08. The molecule has 0 saturated carbocycles. The Balaban J connectivity index is 1.68. The van der Waals surface area contributed by atoms with E-state index < -0.39 is 6.23 Å². The van der Waals surface area contributed by atoms with Crippen LogP contribution in [0.1, 0.15) is 50.7 Å². The second-order valence-electron chi connectivity index (χ2n) is 9.21. The highest BCUT2D eigenvalue weighted by Crippen LogP contribution is 2.39. The number of nitrogens with zero attached hydrogens (tertiary/aromatic N) is 3. The molecule has 1 N–H and O–H groups in total. The summed E-state index contributed by atoms with van der Waals surface area (Å²) in [5, 5.41) is 11.1. The summed E-state index contributed by atoms with van der Waals surface area (Å²) in [6.07, 6.45) is 2.44. The molecule has 1 amide bonds. The maximum absolute atomic E-state index is 13.3. The lowest BCUT2D eigenvalue weighted by atomic mass is 9.71. The van der Waals surface area contributed by atoms with Gasteiger partial charge in [-0.1, -0.05) is 80.9 Å². The van der Waals surface area contributed by atoms with E-state index in [1.165, 1.54) is 5.56 Å². The third-order valence-electron chi connectivity index (χ3n) is 7.05. The molecule has 2 atom stereocenters. The van der Waals surface area contributed by atoms with Crippen molar-refractivity contribution in [1.82, 2.24) is 9.80 Å². The van der Waals surface area contributed by atoms with Crippen molar-refractivity contribution in [3.8, 4) is 0 Å². The Morgan fingerprint density at radius 1 is 1.06 bits per heavy atom. The summed E-state index contributed by atoms with van der Waals surface area (Å²) < 4.78 is 6.04. The first-order valence-electron chi connectivity index (χ1n) is 12.2. The number of ether oxygens (including phenoxy) is 1. The molecule has 4 rings (SSSR count).